The van der Waals surface area contributed by atoms with Crippen LogP contribution in [0.4, 0.5) is 0 Å². The molecule has 0 bridgehead atoms. The molecule has 1 saturated heterocycles. The number of imidazole rings is 1. The summed E-state index contributed by atoms with van der Waals surface area (Å²) < 4.78 is 7.58. The SMILES string of the molecule is COc1cccc(CC(=O)N2CCC(n3c(C)cnc3-c3ccncc3)CC2)c1. The van der Waals surface area contributed by atoms with Crippen molar-refractivity contribution < 1.29 is 9.53 Å². The molecule has 4 rings (SSSR count). The van der Waals surface area contributed by atoms with Crippen molar-refractivity contribution in [2.75, 3.05) is 20.2 Å². The molecule has 0 unspecified atom stereocenters. The molecule has 0 atom stereocenters. The summed E-state index contributed by atoms with van der Waals surface area (Å²) in [4.78, 5) is 23.5. The Morgan fingerprint density at radius 1 is 1.17 bits per heavy atom. The van der Waals surface area contributed by atoms with Gasteiger partial charge in [0.25, 0.3) is 0 Å². The van der Waals surface area contributed by atoms with E-state index in [2.05, 4.69) is 21.5 Å². The second-order valence-electron chi connectivity index (χ2n) is 7.47. The fraction of sp³-hybridized carbons (Fsp3) is 0.348. The zero-order valence-corrected chi connectivity index (χ0v) is 16.9. The number of amides is 1. The minimum absolute atomic E-state index is 0.174. The van der Waals surface area contributed by atoms with Crippen LogP contribution in [0.15, 0.2) is 55.0 Å². The molecular weight excluding hydrogens is 364 g/mol. The maximum atomic E-state index is 12.8. The van der Waals surface area contributed by atoms with Gasteiger partial charge >= 0.3 is 0 Å². The number of hydrogen-bond acceptors (Lipinski definition) is 4. The van der Waals surface area contributed by atoms with Crippen molar-refractivity contribution in [2.45, 2.75) is 32.2 Å². The molecule has 3 aromatic rings. The van der Waals surface area contributed by atoms with Crippen LogP contribution in [0.1, 0.15) is 30.1 Å². The van der Waals surface area contributed by atoms with Gasteiger partial charge < -0.3 is 14.2 Å². The van der Waals surface area contributed by atoms with Gasteiger partial charge in [0.1, 0.15) is 11.6 Å². The average Bonchev–Trinajstić information content (AvgIpc) is 3.16. The normalized spacial score (nSPS) is 14.8. The fourth-order valence-corrected chi connectivity index (χ4v) is 4.06. The van der Waals surface area contributed by atoms with Crippen LogP contribution in [0, 0.1) is 6.92 Å². The van der Waals surface area contributed by atoms with Gasteiger partial charge in [-0.15, -0.1) is 0 Å². The van der Waals surface area contributed by atoms with Crippen molar-refractivity contribution in [1.82, 2.24) is 19.4 Å². The lowest BCUT2D eigenvalue weighted by atomic mass is 10.0. The van der Waals surface area contributed by atoms with E-state index in [1.807, 2.05) is 47.5 Å². The molecule has 0 spiro atoms. The first kappa shape index (κ1) is 19.2. The van der Waals surface area contributed by atoms with Crippen LogP contribution >= 0.6 is 0 Å². The highest BCUT2D eigenvalue weighted by molar-refractivity contribution is 5.79. The number of aryl methyl sites for hydroxylation is 1. The molecule has 29 heavy (non-hydrogen) atoms. The quantitative estimate of drug-likeness (QED) is 0.667. The molecule has 6 heteroatoms. The summed E-state index contributed by atoms with van der Waals surface area (Å²) >= 11 is 0. The van der Waals surface area contributed by atoms with Gasteiger partial charge in [-0.3, -0.25) is 9.78 Å². The van der Waals surface area contributed by atoms with E-state index in [9.17, 15) is 4.79 Å². The number of rotatable bonds is 5. The maximum absolute atomic E-state index is 12.8. The lowest BCUT2D eigenvalue weighted by molar-refractivity contribution is -0.131. The number of nitrogens with zero attached hydrogens (tertiary/aromatic N) is 4. The summed E-state index contributed by atoms with van der Waals surface area (Å²) in [7, 11) is 1.64. The smallest absolute Gasteiger partial charge is 0.226 e. The van der Waals surface area contributed by atoms with Crippen molar-refractivity contribution in [1.29, 1.82) is 0 Å². The monoisotopic (exact) mass is 390 g/mol. The first-order valence-corrected chi connectivity index (χ1v) is 10.0. The number of likely N-dealkylation sites (tertiary alicyclic amines) is 1. The molecule has 1 fully saturated rings. The maximum Gasteiger partial charge on any atom is 0.226 e. The molecule has 1 aromatic carbocycles. The molecular formula is C23H26N4O2. The second-order valence-corrected chi connectivity index (χ2v) is 7.47. The number of pyridine rings is 1. The molecule has 0 radical (unpaired) electrons. The van der Waals surface area contributed by atoms with Crippen LogP contribution in [-0.2, 0) is 11.2 Å². The zero-order chi connectivity index (χ0) is 20.2. The van der Waals surface area contributed by atoms with E-state index < -0.39 is 0 Å². The minimum atomic E-state index is 0.174. The predicted octanol–water partition coefficient (Wildman–Crippen LogP) is 3.67. The van der Waals surface area contributed by atoms with Gasteiger partial charge in [0, 0.05) is 49.0 Å². The van der Waals surface area contributed by atoms with Gasteiger partial charge in [-0.05, 0) is 49.6 Å². The molecule has 6 nitrogen and oxygen atoms in total. The molecule has 1 amide bonds. The minimum Gasteiger partial charge on any atom is -0.497 e. The van der Waals surface area contributed by atoms with E-state index in [0.717, 1.165) is 54.3 Å². The number of carbonyl (C=O) groups is 1. The van der Waals surface area contributed by atoms with E-state index in [1.165, 1.54) is 0 Å². The van der Waals surface area contributed by atoms with Crippen LogP contribution in [0.2, 0.25) is 0 Å². The molecule has 1 aliphatic heterocycles. The third-order valence-corrected chi connectivity index (χ3v) is 5.59. The molecule has 0 aliphatic carbocycles. The Hall–Kier alpha value is -3.15. The van der Waals surface area contributed by atoms with Crippen LogP contribution in [0.3, 0.4) is 0 Å². The molecule has 0 saturated carbocycles. The summed E-state index contributed by atoms with van der Waals surface area (Å²) in [6, 6.07) is 12.1. The van der Waals surface area contributed by atoms with Gasteiger partial charge in [-0.2, -0.15) is 0 Å². The number of ether oxygens (including phenoxy) is 1. The zero-order valence-electron chi connectivity index (χ0n) is 16.9. The highest BCUT2D eigenvalue weighted by Crippen LogP contribution is 2.30. The number of benzene rings is 1. The van der Waals surface area contributed by atoms with Crippen molar-refractivity contribution in [3.8, 4) is 17.1 Å². The van der Waals surface area contributed by atoms with Crippen LogP contribution in [-0.4, -0.2) is 45.5 Å². The predicted molar refractivity (Wildman–Crippen MR) is 112 cm³/mol. The number of methoxy groups -OCH3 is 1. The Morgan fingerprint density at radius 2 is 1.93 bits per heavy atom. The molecule has 2 aromatic heterocycles. The third kappa shape index (κ3) is 4.16. The molecule has 150 valence electrons. The topological polar surface area (TPSA) is 60.2 Å². The first-order valence-electron chi connectivity index (χ1n) is 10.0. The van der Waals surface area contributed by atoms with Crippen molar-refractivity contribution in [3.05, 3.63) is 66.2 Å². The van der Waals surface area contributed by atoms with Crippen LogP contribution in [0.5, 0.6) is 5.75 Å². The second kappa shape index (κ2) is 8.47. The highest BCUT2D eigenvalue weighted by atomic mass is 16.5. The number of piperidine rings is 1. The van der Waals surface area contributed by atoms with Gasteiger partial charge in [-0.1, -0.05) is 12.1 Å². The summed E-state index contributed by atoms with van der Waals surface area (Å²) in [5, 5.41) is 0. The Bertz CT molecular complexity index is 976. The van der Waals surface area contributed by atoms with Gasteiger partial charge in [0.2, 0.25) is 5.91 Å². The average molecular weight is 390 g/mol. The Kier molecular flexibility index (Phi) is 5.60. The standard InChI is InChI=1S/C23H26N4O2/c1-17-16-25-23(19-6-10-24-11-7-19)27(17)20-8-12-26(13-9-20)22(28)15-18-4-3-5-21(14-18)29-2/h3-7,10-11,14,16,20H,8-9,12-13,15H2,1-2H3. The van der Waals surface area contributed by atoms with Crippen molar-refractivity contribution in [3.63, 3.8) is 0 Å². The fourth-order valence-electron chi connectivity index (χ4n) is 4.06. The van der Waals surface area contributed by atoms with Crippen molar-refractivity contribution >= 4 is 5.91 Å². The summed E-state index contributed by atoms with van der Waals surface area (Å²) in [5.74, 6) is 1.94. The first-order chi connectivity index (χ1) is 14.2. The van der Waals surface area contributed by atoms with E-state index in [-0.39, 0.29) is 5.91 Å². The largest absolute Gasteiger partial charge is 0.497 e. The third-order valence-electron chi connectivity index (χ3n) is 5.59. The number of carbonyl (C=O) groups excluding carboxylic acids is 1. The van der Waals surface area contributed by atoms with E-state index in [0.29, 0.717) is 12.5 Å². The van der Waals surface area contributed by atoms with E-state index >= 15 is 0 Å². The van der Waals surface area contributed by atoms with Gasteiger partial charge in [0.15, 0.2) is 0 Å². The Labute approximate surface area is 171 Å². The van der Waals surface area contributed by atoms with Crippen LogP contribution < -0.4 is 4.74 Å². The molecule has 0 N–H and O–H groups in total. The van der Waals surface area contributed by atoms with E-state index in [4.69, 9.17) is 4.74 Å². The van der Waals surface area contributed by atoms with E-state index in [1.54, 1.807) is 19.5 Å². The summed E-state index contributed by atoms with van der Waals surface area (Å²) in [6.45, 7) is 3.62. The number of aromatic nitrogens is 3. The molecule has 1 aliphatic rings. The lowest BCUT2D eigenvalue weighted by Gasteiger charge is -2.34. The Morgan fingerprint density at radius 3 is 2.66 bits per heavy atom. The summed E-state index contributed by atoms with van der Waals surface area (Å²) in [5.41, 5.74) is 3.21. The van der Waals surface area contributed by atoms with Crippen molar-refractivity contribution in [2.24, 2.45) is 0 Å². The molecule has 3 heterocycles. The summed E-state index contributed by atoms with van der Waals surface area (Å²) in [6.07, 6.45) is 7.79. The Balaban J connectivity index is 1.42. The van der Waals surface area contributed by atoms with Gasteiger partial charge in [0.05, 0.1) is 13.5 Å². The van der Waals surface area contributed by atoms with Crippen LogP contribution in [0.25, 0.3) is 11.4 Å². The highest BCUT2D eigenvalue weighted by Gasteiger charge is 2.26. The number of hydrogen-bond donors (Lipinski definition) is 0. The van der Waals surface area contributed by atoms with Gasteiger partial charge in [-0.25, -0.2) is 4.98 Å². The lowest BCUT2D eigenvalue weighted by Crippen LogP contribution is -2.40.